The van der Waals surface area contributed by atoms with Crippen LogP contribution in [0.4, 0.5) is 0 Å². The minimum Gasteiger partial charge on any atom is -0.395 e. The predicted octanol–water partition coefficient (Wildman–Crippen LogP) is 1.65. The van der Waals surface area contributed by atoms with Crippen LogP contribution < -0.4 is 5.32 Å². The molecule has 0 amide bonds. The number of nitrogens with one attached hydrogen (secondary N) is 1. The Balaban J connectivity index is 2.71. The summed E-state index contributed by atoms with van der Waals surface area (Å²) in [5.74, 6) is 0. The first-order chi connectivity index (χ1) is 7.56. The average Bonchev–Trinajstić information content (AvgIpc) is 2.28. The van der Waals surface area contributed by atoms with E-state index in [0.29, 0.717) is 11.6 Å². The molecule has 3 N–H and O–H groups in total. The van der Waals surface area contributed by atoms with Gasteiger partial charge in [-0.2, -0.15) is 0 Å². The number of benzene rings is 1. The van der Waals surface area contributed by atoms with Gasteiger partial charge in [-0.25, -0.2) is 0 Å². The van der Waals surface area contributed by atoms with Gasteiger partial charge in [0.05, 0.1) is 12.7 Å². The molecule has 1 aromatic carbocycles. The van der Waals surface area contributed by atoms with Crippen LogP contribution in [0, 0.1) is 6.92 Å². The highest BCUT2D eigenvalue weighted by Gasteiger charge is 2.15. The minimum absolute atomic E-state index is 0.0662. The molecule has 2 unspecified atom stereocenters. The van der Waals surface area contributed by atoms with E-state index in [0.717, 1.165) is 11.1 Å². The van der Waals surface area contributed by atoms with Crippen LogP contribution in [-0.2, 0) is 0 Å². The third-order valence-corrected chi connectivity index (χ3v) is 3.00. The van der Waals surface area contributed by atoms with Gasteiger partial charge in [0.15, 0.2) is 0 Å². The van der Waals surface area contributed by atoms with Gasteiger partial charge in [0.1, 0.15) is 0 Å². The van der Waals surface area contributed by atoms with Crippen molar-refractivity contribution in [3.05, 3.63) is 34.3 Å². The van der Waals surface area contributed by atoms with Crippen LogP contribution in [0.1, 0.15) is 24.2 Å². The molecule has 4 heteroatoms. The zero-order valence-corrected chi connectivity index (χ0v) is 10.3. The molecule has 0 fully saturated rings. The lowest BCUT2D eigenvalue weighted by molar-refractivity contribution is 0.132. The molecule has 0 aliphatic carbocycles. The van der Waals surface area contributed by atoms with Crippen LogP contribution in [0.2, 0.25) is 5.02 Å². The van der Waals surface area contributed by atoms with Gasteiger partial charge in [0.25, 0.3) is 0 Å². The highest BCUT2D eigenvalue weighted by molar-refractivity contribution is 6.31. The van der Waals surface area contributed by atoms with Gasteiger partial charge in [0, 0.05) is 17.6 Å². The van der Waals surface area contributed by atoms with Crippen LogP contribution in [0.25, 0.3) is 0 Å². The molecule has 0 aromatic heterocycles. The molecule has 0 spiro atoms. The molecule has 3 nitrogen and oxygen atoms in total. The van der Waals surface area contributed by atoms with E-state index in [1.54, 1.807) is 6.07 Å². The average molecular weight is 244 g/mol. The van der Waals surface area contributed by atoms with Gasteiger partial charge in [-0.1, -0.05) is 23.7 Å². The Morgan fingerprint density at radius 3 is 2.69 bits per heavy atom. The van der Waals surface area contributed by atoms with E-state index in [1.165, 1.54) is 0 Å². The van der Waals surface area contributed by atoms with E-state index < -0.39 is 6.10 Å². The molecular formula is C12H18ClNO2. The number of hydrogen-bond donors (Lipinski definition) is 3. The standard InChI is InChI=1S/C12H18ClNO2/c1-8-7-10(3-4-11(8)13)12(16)9(2)14-5-6-15/h3-4,7,9,12,14-16H,5-6H2,1-2H3. The fraction of sp³-hybridized carbons (Fsp3) is 0.500. The summed E-state index contributed by atoms with van der Waals surface area (Å²) in [6, 6.07) is 5.38. The highest BCUT2D eigenvalue weighted by Crippen LogP contribution is 2.22. The molecule has 0 radical (unpaired) electrons. The fourth-order valence-corrected chi connectivity index (χ4v) is 1.66. The van der Waals surface area contributed by atoms with Gasteiger partial charge < -0.3 is 15.5 Å². The van der Waals surface area contributed by atoms with Crippen LogP contribution in [0.5, 0.6) is 0 Å². The van der Waals surface area contributed by atoms with E-state index >= 15 is 0 Å². The third-order valence-electron chi connectivity index (χ3n) is 2.58. The summed E-state index contributed by atoms with van der Waals surface area (Å²) >= 11 is 5.92. The summed E-state index contributed by atoms with van der Waals surface area (Å²) in [5.41, 5.74) is 1.78. The van der Waals surface area contributed by atoms with E-state index in [-0.39, 0.29) is 12.6 Å². The Morgan fingerprint density at radius 1 is 1.44 bits per heavy atom. The molecule has 0 bridgehead atoms. The van der Waals surface area contributed by atoms with Crippen molar-refractivity contribution in [3.63, 3.8) is 0 Å². The summed E-state index contributed by atoms with van der Waals surface area (Å²) in [6.45, 7) is 4.33. The SMILES string of the molecule is Cc1cc(C(O)C(C)NCCO)ccc1Cl. The maximum absolute atomic E-state index is 10.0. The Morgan fingerprint density at radius 2 is 2.12 bits per heavy atom. The number of aryl methyl sites for hydroxylation is 1. The van der Waals surface area contributed by atoms with Crippen molar-refractivity contribution in [2.45, 2.75) is 26.0 Å². The van der Waals surface area contributed by atoms with Crippen molar-refractivity contribution in [1.82, 2.24) is 5.32 Å². The maximum Gasteiger partial charge on any atom is 0.0940 e. The Kier molecular flexibility index (Phi) is 5.22. The molecule has 0 aliphatic heterocycles. The second kappa shape index (κ2) is 6.21. The monoisotopic (exact) mass is 243 g/mol. The topological polar surface area (TPSA) is 52.5 Å². The van der Waals surface area contributed by atoms with E-state index in [1.807, 2.05) is 26.0 Å². The predicted molar refractivity (Wildman–Crippen MR) is 65.7 cm³/mol. The zero-order chi connectivity index (χ0) is 12.1. The first-order valence-corrected chi connectivity index (χ1v) is 5.72. The van der Waals surface area contributed by atoms with Crippen molar-refractivity contribution < 1.29 is 10.2 Å². The fourth-order valence-electron chi connectivity index (χ4n) is 1.54. The smallest absolute Gasteiger partial charge is 0.0940 e. The van der Waals surface area contributed by atoms with Crippen molar-refractivity contribution in [2.24, 2.45) is 0 Å². The molecule has 0 aliphatic rings. The first kappa shape index (κ1) is 13.5. The molecule has 0 saturated heterocycles. The molecule has 1 aromatic rings. The lowest BCUT2D eigenvalue weighted by atomic mass is 10.0. The van der Waals surface area contributed by atoms with Crippen molar-refractivity contribution in [1.29, 1.82) is 0 Å². The Labute approximate surface area is 101 Å². The van der Waals surface area contributed by atoms with Crippen molar-refractivity contribution in [3.8, 4) is 0 Å². The second-order valence-electron chi connectivity index (χ2n) is 3.92. The molecule has 0 heterocycles. The first-order valence-electron chi connectivity index (χ1n) is 5.34. The molecule has 0 saturated carbocycles. The summed E-state index contributed by atoms with van der Waals surface area (Å²) in [4.78, 5) is 0. The third kappa shape index (κ3) is 3.46. The van der Waals surface area contributed by atoms with E-state index in [2.05, 4.69) is 5.32 Å². The number of aliphatic hydroxyl groups excluding tert-OH is 2. The van der Waals surface area contributed by atoms with Gasteiger partial charge in [0.2, 0.25) is 0 Å². The highest BCUT2D eigenvalue weighted by atomic mass is 35.5. The van der Waals surface area contributed by atoms with Crippen LogP contribution in [0.15, 0.2) is 18.2 Å². The van der Waals surface area contributed by atoms with Gasteiger partial charge in [-0.3, -0.25) is 0 Å². The number of hydrogen-bond acceptors (Lipinski definition) is 3. The Bertz CT molecular complexity index is 344. The van der Waals surface area contributed by atoms with E-state index in [9.17, 15) is 5.11 Å². The second-order valence-corrected chi connectivity index (χ2v) is 4.33. The van der Waals surface area contributed by atoms with Crippen molar-refractivity contribution in [2.75, 3.05) is 13.2 Å². The molecule has 16 heavy (non-hydrogen) atoms. The molecular weight excluding hydrogens is 226 g/mol. The maximum atomic E-state index is 10.0. The molecule has 90 valence electrons. The minimum atomic E-state index is -0.595. The quantitative estimate of drug-likeness (QED) is 0.737. The summed E-state index contributed by atoms with van der Waals surface area (Å²) in [6.07, 6.45) is -0.595. The normalized spacial score (nSPS) is 14.8. The van der Waals surface area contributed by atoms with Crippen LogP contribution in [-0.4, -0.2) is 29.4 Å². The Hall–Kier alpha value is -0.610. The van der Waals surface area contributed by atoms with Gasteiger partial charge in [-0.15, -0.1) is 0 Å². The summed E-state index contributed by atoms with van der Waals surface area (Å²) in [5, 5.41) is 22.5. The summed E-state index contributed by atoms with van der Waals surface area (Å²) in [7, 11) is 0. The largest absolute Gasteiger partial charge is 0.395 e. The van der Waals surface area contributed by atoms with E-state index in [4.69, 9.17) is 16.7 Å². The lowest BCUT2D eigenvalue weighted by Gasteiger charge is -2.20. The number of aliphatic hydroxyl groups is 2. The van der Waals surface area contributed by atoms with Crippen LogP contribution in [0.3, 0.4) is 0 Å². The molecule has 2 atom stereocenters. The van der Waals surface area contributed by atoms with Crippen molar-refractivity contribution >= 4 is 11.6 Å². The number of halogens is 1. The zero-order valence-electron chi connectivity index (χ0n) is 9.57. The van der Waals surface area contributed by atoms with Gasteiger partial charge >= 0.3 is 0 Å². The summed E-state index contributed by atoms with van der Waals surface area (Å²) < 4.78 is 0. The van der Waals surface area contributed by atoms with Crippen LogP contribution >= 0.6 is 11.6 Å². The number of rotatable bonds is 5. The lowest BCUT2D eigenvalue weighted by Crippen LogP contribution is -2.34. The van der Waals surface area contributed by atoms with Gasteiger partial charge in [-0.05, 0) is 31.0 Å². The molecule has 1 rings (SSSR count).